The van der Waals surface area contributed by atoms with Gasteiger partial charge in [0.25, 0.3) is 0 Å². The summed E-state index contributed by atoms with van der Waals surface area (Å²) in [5.74, 6) is 0.783. The van der Waals surface area contributed by atoms with Crippen LogP contribution in [0.5, 0.6) is 0 Å². The Hall–Kier alpha value is -1.35. The van der Waals surface area contributed by atoms with Gasteiger partial charge in [0.05, 0.1) is 0 Å². The molecule has 20 heavy (non-hydrogen) atoms. The van der Waals surface area contributed by atoms with Gasteiger partial charge >= 0.3 is 0 Å². The molecule has 1 aliphatic rings. The average molecular weight is 296 g/mol. The van der Waals surface area contributed by atoms with E-state index in [1.807, 2.05) is 24.3 Å². The van der Waals surface area contributed by atoms with Crippen molar-refractivity contribution in [2.45, 2.75) is 32.6 Å². The Morgan fingerprint density at radius 2 is 1.85 bits per heavy atom. The first-order valence-electron chi connectivity index (χ1n) is 6.85. The molecule has 4 heteroatoms. The van der Waals surface area contributed by atoms with E-state index in [0.717, 1.165) is 30.7 Å². The second-order valence-electron chi connectivity index (χ2n) is 5.30. The van der Waals surface area contributed by atoms with E-state index in [1.54, 1.807) is 14.1 Å². The summed E-state index contributed by atoms with van der Waals surface area (Å²) in [7, 11) is 3.45. The van der Waals surface area contributed by atoms with E-state index in [-0.39, 0.29) is 11.8 Å². The molecular formula is C16H22ClNO2. The van der Waals surface area contributed by atoms with Crippen LogP contribution in [0.1, 0.15) is 31.7 Å². The van der Waals surface area contributed by atoms with E-state index in [4.69, 9.17) is 11.6 Å². The number of nitrogens with zero attached hydrogens (tertiary/aromatic N) is 1. The SMILES string of the molecule is CC(=O)N(C)C.O=C1CCCC1Cc1ccc(Cl)cc1. The van der Waals surface area contributed by atoms with E-state index in [2.05, 4.69) is 0 Å². The van der Waals surface area contributed by atoms with E-state index in [0.29, 0.717) is 5.78 Å². The zero-order valence-corrected chi connectivity index (χ0v) is 13.1. The molecule has 1 fully saturated rings. The van der Waals surface area contributed by atoms with E-state index >= 15 is 0 Å². The highest BCUT2D eigenvalue weighted by Crippen LogP contribution is 2.25. The van der Waals surface area contributed by atoms with Gasteiger partial charge in [0.1, 0.15) is 5.78 Å². The normalized spacial score (nSPS) is 17.4. The molecule has 1 saturated carbocycles. The topological polar surface area (TPSA) is 37.4 Å². The first kappa shape index (κ1) is 16.7. The summed E-state index contributed by atoms with van der Waals surface area (Å²) in [5.41, 5.74) is 1.22. The number of ketones is 1. The molecular weight excluding hydrogens is 274 g/mol. The summed E-state index contributed by atoms with van der Waals surface area (Å²) in [6.45, 7) is 1.53. The second-order valence-corrected chi connectivity index (χ2v) is 5.74. The Labute approximate surface area is 125 Å². The van der Waals surface area contributed by atoms with Gasteiger partial charge < -0.3 is 4.90 Å². The van der Waals surface area contributed by atoms with Crippen LogP contribution in [-0.2, 0) is 16.0 Å². The molecule has 1 amide bonds. The summed E-state index contributed by atoms with van der Waals surface area (Å²) in [6.07, 6.45) is 3.78. The van der Waals surface area contributed by atoms with Crippen molar-refractivity contribution < 1.29 is 9.59 Å². The van der Waals surface area contributed by atoms with Crippen molar-refractivity contribution in [1.82, 2.24) is 4.90 Å². The number of amides is 1. The third-order valence-electron chi connectivity index (χ3n) is 3.46. The Balaban J connectivity index is 0.000000286. The monoisotopic (exact) mass is 295 g/mol. The third-order valence-corrected chi connectivity index (χ3v) is 3.71. The van der Waals surface area contributed by atoms with Gasteiger partial charge in [-0.25, -0.2) is 0 Å². The van der Waals surface area contributed by atoms with Crippen molar-refractivity contribution in [3.05, 3.63) is 34.9 Å². The predicted octanol–water partition coefficient (Wildman–Crippen LogP) is 3.35. The quantitative estimate of drug-likeness (QED) is 0.839. The molecule has 3 nitrogen and oxygen atoms in total. The molecule has 1 aromatic rings. The molecule has 0 aromatic heterocycles. The molecule has 1 atom stereocenters. The number of carbonyl (C=O) groups is 2. The number of Topliss-reactive ketones (excluding diaryl/α,β-unsaturated/α-hetero) is 1. The van der Waals surface area contributed by atoms with Crippen LogP contribution in [0, 0.1) is 5.92 Å². The summed E-state index contributed by atoms with van der Waals surface area (Å²) in [6, 6.07) is 7.79. The van der Waals surface area contributed by atoms with Gasteiger partial charge in [0.15, 0.2) is 0 Å². The molecule has 0 aliphatic heterocycles. The minimum absolute atomic E-state index is 0.0926. The molecule has 2 rings (SSSR count). The minimum atomic E-state index is 0.0926. The standard InChI is InChI=1S/C12H13ClO.C4H9NO/c13-11-6-4-9(5-7-11)8-10-2-1-3-12(10)14;1-4(6)5(2)3/h4-7,10H,1-3,8H2;1-3H3. The van der Waals surface area contributed by atoms with Crippen LogP contribution < -0.4 is 0 Å². The second kappa shape index (κ2) is 8.05. The Morgan fingerprint density at radius 3 is 2.25 bits per heavy atom. The fourth-order valence-electron chi connectivity index (χ4n) is 2.01. The molecule has 0 N–H and O–H groups in total. The lowest BCUT2D eigenvalue weighted by Crippen LogP contribution is -2.17. The summed E-state index contributed by atoms with van der Waals surface area (Å²) >= 11 is 5.79. The number of hydrogen-bond acceptors (Lipinski definition) is 2. The Morgan fingerprint density at radius 1 is 1.30 bits per heavy atom. The first-order valence-corrected chi connectivity index (χ1v) is 7.23. The zero-order chi connectivity index (χ0) is 15.1. The first-order chi connectivity index (χ1) is 9.40. The van der Waals surface area contributed by atoms with Crippen LogP contribution in [0.2, 0.25) is 5.02 Å². The van der Waals surface area contributed by atoms with Crippen molar-refractivity contribution >= 4 is 23.3 Å². The van der Waals surface area contributed by atoms with Crippen molar-refractivity contribution in [1.29, 1.82) is 0 Å². The summed E-state index contributed by atoms with van der Waals surface area (Å²) in [4.78, 5) is 23.0. The van der Waals surface area contributed by atoms with Crippen LogP contribution in [0.15, 0.2) is 24.3 Å². The maximum Gasteiger partial charge on any atom is 0.218 e. The molecule has 0 bridgehead atoms. The average Bonchev–Trinajstić information content (AvgIpc) is 2.78. The van der Waals surface area contributed by atoms with Gasteiger partial charge in [-0.1, -0.05) is 23.7 Å². The molecule has 0 radical (unpaired) electrons. The summed E-state index contributed by atoms with van der Waals surface area (Å²) in [5, 5.41) is 0.756. The number of halogens is 1. The Bertz CT molecular complexity index is 454. The molecule has 1 aromatic carbocycles. The van der Waals surface area contributed by atoms with Gasteiger partial charge in [-0.3, -0.25) is 9.59 Å². The van der Waals surface area contributed by atoms with Gasteiger partial charge in [-0.05, 0) is 37.0 Å². The fraction of sp³-hybridized carbons (Fsp3) is 0.500. The number of benzene rings is 1. The number of rotatable bonds is 2. The fourth-order valence-corrected chi connectivity index (χ4v) is 2.13. The van der Waals surface area contributed by atoms with Crippen LogP contribution in [0.25, 0.3) is 0 Å². The maximum atomic E-state index is 11.4. The van der Waals surface area contributed by atoms with Crippen LogP contribution in [0.4, 0.5) is 0 Å². The molecule has 1 unspecified atom stereocenters. The van der Waals surface area contributed by atoms with Crippen LogP contribution in [-0.4, -0.2) is 30.7 Å². The molecule has 0 heterocycles. The van der Waals surface area contributed by atoms with E-state index < -0.39 is 0 Å². The van der Waals surface area contributed by atoms with Crippen LogP contribution in [0.3, 0.4) is 0 Å². The molecule has 0 saturated heterocycles. The van der Waals surface area contributed by atoms with Gasteiger partial charge in [0.2, 0.25) is 5.91 Å². The van der Waals surface area contributed by atoms with Gasteiger partial charge in [-0.2, -0.15) is 0 Å². The third kappa shape index (κ3) is 5.74. The van der Waals surface area contributed by atoms with Crippen molar-refractivity contribution in [3.63, 3.8) is 0 Å². The van der Waals surface area contributed by atoms with Gasteiger partial charge in [0, 0.05) is 38.4 Å². The minimum Gasteiger partial charge on any atom is -0.349 e. The highest BCUT2D eigenvalue weighted by Gasteiger charge is 2.24. The lowest BCUT2D eigenvalue weighted by Gasteiger charge is -2.07. The van der Waals surface area contributed by atoms with Crippen molar-refractivity contribution in [2.24, 2.45) is 5.92 Å². The van der Waals surface area contributed by atoms with E-state index in [9.17, 15) is 9.59 Å². The number of carbonyl (C=O) groups excluding carboxylic acids is 2. The van der Waals surface area contributed by atoms with Crippen LogP contribution >= 0.6 is 11.6 Å². The molecule has 0 spiro atoms. The highest BCUT2D eigenvalue weighted by molar-refractivity contribution is 6.30. The maximum absolute atomic E-state index is 11.4. The van der Waals surface area contributed by atoms with Gasteiger partial charge in [-0.15, -0.1) is 0 Å². The van der Waals surface area contributed by atoms with Crippen molar-refractivity contribution in [2.75, 3.05) is 14.1 Å². The highest BCUT2D eigenvalue weighted by atomic mass is 35.5. The molecule has 1 aliphatic carbocycles. The number of hydrogen-bond donors (Lipinski definition) is 0. The Kier molecular flexibility index (Phi) is 6.73. The molecule has 110 valence electrons. The smallest absolute Gasteiger partial charge is 0.218 e. The lowest BCUT2D eigenvalue weighted by molar-refractivity contribution is -0.126. The zero-order valence-electron chi connectivity index (χ0n) is 12.4. The predicted molar refractivity (Wildman–Crippen MR) is 81.9 cm³/mol. The van der Waals surface area contributed by atoms with E-state index in [1.165, 1.54) is 17.4 Å². The largest absolute Gasteiger partial charge is 0.349 e. The van der Waals surface area contributed by atoms with Crippen molar-refractivity contribution in [3.8, 4) is 0 Å². The lowest BCUT2D eigenvalue weighted by atomic mass is 9.97. The summed E-state index contributed by atoms with van der Waals surface area (Å²) < 4.78 is 0.